The highest BCUT2D eigenvalue weighted by atomic mass is 35.5. The van der Waals surface area contributed by atoms with E-state index in [1.165, 1.54) is 0 Å². The van der Waals surface area contributed by atoms with E-state index in [0.717, 1.165) is 10.7 Å². The molecule has 1 aromatic carbocycles. The van der Waals surface area contributed by atoms with Crippen molar-refractivity contribution in [1.82, 2.24) is 5.01 Å². The van der Waals surface area contributed by atoms with Crippen molar-refractivity contribution in [2.75, 3.05) is 0 Å². The van der Waals surface area contributed by atoms with E-state index in [2.05, 4.69) is 5.10 Å². The first-order chi connectivity index (χ1) is 8.10. The molecule has 5 heteroatoms. The molecule has 0 unspecified atom stereocenters. The van der Waals surface area contributed by atoms with Gasteiger partial charge in [-0.1, -0.05) is 30.7 Å². The highest BCUT2D eigenvalue weighted by Gasteiger charge is 2.41. The zero-order valence-corrected chi connectivity index (χ0v) is 10.2. The SMILES string of the molecule is CCC1=NN(C=O)[C@](O)(c2ccc(Cl)cc2)C1. The fourth-order valence-electron chi connectivity index (χ4n) is 1.89. The van der Waals surface area contributed by atoms with E-state index in [1.807, 2.05) is 6.92 Å². The first-order valence-electron chi connectivity index (χ1n) is 5.39. The standard InChI is InChI=1S/C12H13ClN2O2/c1-2-11-7-12(17,15(8-16)14-11)9-3-5-10(13)6-4-9/h3-6,8,17H,2,7H2,1H3/t12-/m1/s1. The van der Waals surface area contributed by atoms with E-state index in [-0.39, 0.29) is 0 Å². The number of carbonyl (C=O) groups is 1. The molecule has 0 radical (unpaired) electrons. The van der Waals surface area contributed by atoms with Crippen LogP contribution in [-0.4, -0.2) is 22.2 Å². The van der Waals surface area contributed by atoms with Gasteiger partial charge in [-0.05, 0) is 18.6 Å². The molecule has 0 saturated carbocycles. The molecule has 0 aromatic heterocycles. The molecule has 0 spiro atoms. The van der Waals surface area contributed by atoms with Crippen LogP contribution in [-0.2, 0) is 10.5 Å². The van der Waals surface area contributed by atoms with E-state index in [0.29, 0.717) is 29.8 Å². The number of amides is 1. The van der Waals surface area contributed by atoms with Crippen LogP contribution in [0.15, 0.2) is 29.4 Å². The Morgan fingerprint density at radius 2 is 2.18 bits per heavy atom. The molecular formula is C12H13ClN2O2. The van der Waals surface area contributed by atoms with Gasteiger partial charge in [-0.25, -0.2) is 0 Å². The summed E-state index contributed by atoms with van der Waals surface area (Å²) in [6.07, 6.45) is 1.58. The summed E-state index contributed by atoms with van der Waals surface area (Å²) in [6.45, 7) is 1.94. The summed E-state index contributed by atoms with van der Waals surface area (Å²) in [6, 6.07) is 6.77. The monoisotopic (exact) mass is 252 g/mol. The highest BCUT2D eigenvalue weighted by Crippen LogP contribution is 2.35. The minimum absolute atomic E-state index is 0.337. The number of benzene rings is 1. The lowest BCUT2D eigenvalue weighted by Gasteiger charge is -2.28. The van der Waals surface area contributed by atoms with E-state index < -0.39 is 5.72 Å². The van der Waals surface area contributed by atoms with Gasteiger partial charge in [0.25, 0.3) is 0 Å². The maximum Gasteiger partial charge on any atom is 0.232 e. The van der Waals surface area contributed by atoms with E-state index in [9.17, 15) is 9.90 Å². The van der Waals surface area contributed by atoms with Crippen LogP contribution < -0.4 is 0 Å². The number of rotatable bonds is 3. The predicted molar refractivity (Wildman–Crippen MR) is 65.6 cm³/mol. The van der Waals surface area contributed by atoms with Crippen molar-refractivity contribution in [3.63, 3.8) is 0 Å². The summed E-state index contributed by atoms with van der Waals surface area (Å²) in [7, 11) is 0. The number of hydrogen-bond acceptors (Lipinski definition) is 3. The van der Waals surface area contributed by atoms with Gasteiger partial charge in [0.05, 0.1) is 0 Å². The minimum atomic E-state index is -1.38. The highest BCUT2D eigenvalue weighted by molar-refractivity contribution is 6.30. The van der Waals surface area contributed by atoms with Crippen molar-refractivity contribution in [2.24, 2.45) is 5.10 Å². The third-order valence-corrected chi connectivity index (χ3v) is 3.15. The Hall–Kier alpha value is -1.39. The predicted octanol–water partition coefficient (Wildman–Crippen LogP) is 2.11. The summed E-state index contributed by atoms with van der Waals surface area (Å²) in [5.74, 6) is 0. The maximum atomic E-state index is 11.0. The Labute approximate surface area is 104 Å². The molecule has 1 N–H and O–H groups in total. The Balaban J connectivity index is 2.36. The molecule has 0 saturated heterocycles. The normalized spacial score (nSPS) is 23.7. The van der Waals surface area contributed by atoms with Gasteiger partial charge in [0.1, 0.15) is 0 Å². The third kappa shape index (κ3) is 2.06. The van der Waals surface area contributed by atoms with Crippen LogP contribution in [0.1, 0.15) is 25.3 Å². The van der Waals surface area contributed by atoms with Crippen LogP contribution in [0.3, 0.4) is 0 Å². The molecule has 1 aromatic rings. The van der Waals surface area contributed by atoms with Crippen LogP contribution in [0.5, 0.6) is 0 Å². The van der Waals surface area contributed by atoms with Gasteiger partial charge in [-0.3, -0.25) is 4.79 Å². The van der Waals surface area contributed by atoms with Crippen molar-refractivity contribution < 1.29 is 9.90 Å². The lowest BCUT2D eigenvalue weighted by molar-refractivity contribution is -0.143. The minimum Gasteiger partial charge on any atom is -0.365 e. The smallest absolute Gasteiger partial charge is 0.232 e. The lowest BCUT2D eigenvalue weighted by Crippen LogP contribution is -2.38. The van der Waals surface area contributed by atoms with Gasteiger partial charge in [0.2, 0.25) is 6.41 Å². The third-order valence-electron chi connectivity index (χ3n) is 2.89. The molecule has 0 bridgehead atoms. The van der Waals surface area contributed by atoms with Crippen molar-refractivity contribution >= 4 is 23.7 Å². The zero-order valence-electron chi connectivity index (χ0n) is 9.43. The number of halogens is 1. The second-order valence-electron chi connectivity index (χ2n) is 3.97. The summed E-state index contributed by atoms with van der Waals surface area (Å²) < 4.78 is 0. The first kappa shape index (κ1) is 12.1. The number of hydrazone groups is 1. The van der Waals surface area contributed by atoms with Crippen LogP contribution in [0.25, 0.3) is 0 Å². The van der Waals surface area contributed by atoms with Gasteiger partial charge in [0, 0.05) is 22.7 Å². The van der Waals surface area contributed by atoms with Gasteiger partial charge in [-0.2, -0.15) is 10.1 Å². The topological polar surface area (TPSA) is 52.9 Å². The van der Waals surface area contributed by atoms with Crippen molar-refractivity contribution in [3.8, 4) is 0 Å². The maximum absolute atomic E-state index is 11.0. The van der Waals surface area contributed by atoms with Gasteiger partial charge in [0.15, 0.2) is 5.72 Å². The van der Waals surface area contributed by atoms with Gasteiger partial charge in [-0.15, -0.1) is 0 Å². The summed E-state index contributed by atoms with van der Waals surface area (Å²) in [4.78, 5) is 11.0. The molecule has 0 aliphatic carbocycles. The van der Waals surface area contributed by atoms with Crippen molar-refractivity contribution in [2.45, 2.75) is 25.5 Å². The molecule has 2 rings (SSSR count). The lowest BCUT2D eigenvalue weighted by atomic mass is 9.97. The molecule has 1 amide bonds. The number of carbonyl (C=O) groups excluding carboxylic acids is 1. The van der Waals surface area contributed by atoms with Crippen molar-refractivity contribution in [1.29, 1.82) is 0 Å². The molecule has 1 aliphatic heterocycles. The van der Waals surface area contributed by atoms with Crippen molar-refractivity contribution in [3.05, 3.63) is 34.9 Å². The molecule has 0 fully saturated rings. The summed E-state index contributed by atoms with van der Waals surface area (Å²) >= 11 is 5.80. The second-order valence-corrected chi connectivity index (χ2v) is 4.41. The number of nitrogens with zero attached hydrogens (tertiary/aromatic N) is 2. The van der Waals surface area contributed by atoms with Crippen LogP contribution >= 0.6 is 11.6 Å². The quantitative estimate of drug-likeness (QED) is 0.838. The Morgan fingerprint density at radius 3 is 2.71 bits per heavy atom. The molecule has 4 nitrogen and oxygen atoms in total. The molecule has 1 aliphatic rings. The molecule has 17 heavy (non-hydrogen) atoms. The number of hydrogen-bond donors (Lipinski definition) is 1. The molecule has 1 atom stereocenters. The van der Waals surface area contributed by atoms with Crippen LogP contribution in [0.4, 0.5) is 0 Å². The van der Waals surface area contributed by atoms with E-state index >= 15 is 0 Å². The fraction of sp³-hybridized carbons (Fsp3) is 0.333. The fourth-order valence-corrected chi connectivity index (χ4v) is 2.02. The Morgan fingerprint density at radius 1 is 1.53 bits per heavy atom. The van der Waals surface area contributed by atoms with Gasteiger partial charge >= 0.3 is 0 Å². The van der Waals surface area contributed by atoms with Crippen LogP contribution in [0.2, 0.25) is 5.02 Å². The van der Waals surface area contributed by atoms with Crippen LogP contribution in [0, 0.1) is 0 Å². The zero-order chi connectivity index (χ0) is 12.5. The van der Waals surface area contributed by atoms with E-state index in [1.54, 1.807) is 24.3 Å². The molecule has 90 valence electrons. The molecule has 1 heterocycles. The number of aliphatic hydroxyl groups is 1. The average Bonchev–Trinajstić information content (AvgIpc) is 2.68. The second kappa shape index (κ2) is 4.47. The Kier molecular flexibility index (Phi) is 3.17. The average molecular weight is 253 g/mol. The summed E-state index contributed by atoms with van der Waals surface area (Å²) in [5, 5.41) is 16.3. The molecular weight excluding hydrogens is 240 g/mol. The Bertz CT molecular complexity index is 458. The first-order valence-corrected chi connectivity index (χ1v) is 5.77. The van der Waals surface area contributed by atoms with Gasteiger partial charge < -0.3 is 5.11 Å². The summed E-state index contributed by atoms with van der Waals surface area (Å²) in [5.41, 5.74) is 0.0354. The largest absolute Gasteiger partial charge is 0.365 e. The van der Waals surface area contributed by atoms with E-state index in [4.69, 9.17) is 11.6 Å².